The molecule has 0 amide bonds. The first-order chi connectivity index (χ1) is 12.8. The molecule has 3 aromatic rings. The lowest BCUT2D eigenvalue weighted by atomic mass is 10.1. The third-order valence-corrected chi connectivity index (χ3v) is 4.90. The molecule has 0 bridgehead atoms. The van der Waals surface area contributed by atoms with Gasteiger partial charge in [-0.1, -0.05) is 36.4 Å². The summed E-state index contributed by atoms with van der Waals surface area (Å²) < 4.78 is 10.9. The Morgan fingerprint density at radius 2 is 1.88 bits per heavy atom. The van der Waals surface area contributed by atoms with Crippen molar-refractivity contribution in [3.8, 4) is 22.9 Å². The van der Waals surface area contributed by atoms with Crippen LogP contribution < -0.4 is 9.47 Å². The molecular weight excluding hydrogens is 326 g/mol. The van der Waals surface area contributed by atoms with Gasteiger partial charge in [0, 0.05) is 31.4 Å². The van der Waals surface area contributed by atoms with E-state index in [1.165, 1.54) is 11.1 Å². The lowest BCUT2D eigenvalue weighted by Gasteiger charge is -2.28. The van der Waals surface area contributed by atoms with E-state index in [-0.39, 0.29) is 0 Å². The molecule has 0 N–H and O–H groups in total. The van der Waals surface area contributed by atoms with Crippen LogP contribution >= 0.6 is 0 Å². The fraction of sp³-hybridized carbons (Fsp3) is 0.238. The summed E-state index contributed by atoms with van der Waals surface area (Å²) in [6, 6.07) is 16.3. The van der Waals surface area contributed by atoms with Crippen LogP contribution in [0.4, 0.5) is 0 Å². The summed E-state index contributed by atoms with van der Waals surface area (Å²) in [5.41, 5.74) is 4.68. The Bertz CT molecular complexity index is 943. The Labute approximate surface area is 152 Å². The van der Waals surface area contributed by atoms with Crippen molar-refractivity contribution in [2.45, 2.75) is 19.5 Å². The molecule has 3 heterocycles. The summed E-state index contributed by atoms with van der Waals surface area (Å²) >= 11 is 0. The summed E-state index contributed by atoms with van der Waals surface area (Å²) in [5, 5.41) is 0. The molecule has 5 nitrogen and oxygen atoms in total. The minimum atomic E-state index is 0.315. The van der Waals surface area contributed by atoms with Crippen molar-refractivity contribution in [2.24, 2.45) is 0 Å². The molecule has 2 aliphatic heterocycles. The van der Waals surface area contributed by atoms with Gasteiger partial charge in [-0.15, -0.1) is 0 Å². The number of fused-ring (bicyclic) bond motifs is 2. The van der Waals surface area contributed by atoms with Crippen molar-refractivity contribution in [2.75, 3.05) is 13.3 Å². The summed E-state index contributed by atoms with van der Waals surface area (Å²) in [4.78, 5) is 11.8. The molecule has 0 spiro atoms. The van der Waals surface area contributed by atoms with Crippen molar-refractivity contribution < 1.29 is 9.47 Å². The molecular formula is C21H19N3O2. The van der Waals surface area contributed by atoms with Gasteiger partial charge in [0.05, 0.1) is 5.69 Å². The van der Waals surface area contributed by atoms with Gasteiger partial charge in [0.25, 0.3) is 0 Å². The molecule has 2 aromatic carbocycles. The monoisotopic (exact) mass is 345 g/mol. The maximum Gasteiger partial charge on any atom is 0.231 e. The molecule has 26 heavy (non-hydrogen) atoms. The normalized spacial score (nSPS) is 15.7. The predicted octanol–water partition coefficient (Wildman–Crippen LogP) is 3.43. The van der Waals surface area contributed by atoms with Gasteiger partial charge < -0.3 is 9.47 Å². The highest BCUT2D eigenvalue weighted by molar-refractivity contribution is 5.54. The summed E-state index contributed by atoms with van der Waals surface area (Å²) in [6.45, 7) is 3.04. The van der Waals surface area contributed by atoms with Gasteiger partial charge in [0.1, 0.15) is 0 Å². The van der Waals surface area contributed by atoms with Crippen molar-refractivity contribution in [3.63, 3.8) is 0 Å². The molecule has 0 aliphatic carbocycles. The van der Waals surface area contributed by atoms with E-state index in [1.807, 2.05) is 30.5 Å². The average Bonchev–Trinajstić information content (AvgIpc) is 3.16. The Morgan fingerprint density at radius 1 is 1.00 bits per heavy atom. The van der Waals surface area contributed by atoms with Crippen molar-refractivity contribution in [1.29, 1.82) is 0 Å². The first kappa shape index (κ1) is 15.3. The number of aromatic nitrogens is 2. The molecule has 0 saturated heterocycles. The number of rotatable bonds is 3. The Morgan fingerprint density at radius 3 is 2.81 bits per heavy atom. The Hall–Kier alpha value is -2.92. The first-order valence-electron chi connectivity index (χ1n) is 8.86. The smallest absolute Gasteiger partial charge is 0.231 e. The van der Waals surface area contributed by atoms with Gasteiger partial charge in [-0.25, -0.2) is 9.97 Å². The highest BCUT2D eigenvalue weighted by Crippen LogP contribution is 2.33. The number of benzene rings is 2. The zero-order valence-corrected chi connectivity index (χ0v) is 14.4. The van der Waals surface area contributed by atoms with Crippen LogP contribution in [-0.2, 0) is 19.5 Å². The van der Waals surface area contributed by atoms with Crippen molar-refractivity contribution in [3.05, 3.63) is 71.5 Å². The van der Waals surface area contributed by atoms with Gasteiger partial charge in [0.15, 0.2) is 17.3 Å². The average molecular weight is 345 g/mol. The topological polar surface area (TPSA) is 47.5 Å². The largest absolute Gasteiger partial charge is 0.454 e. The number of hydrogen-bond acceptors (Lipinski definition) is 5. The Balaban J connectivity index is 1.36. The van der Waals surface area contributed by atoms with Gasteiger partial charge in [-0.2, -0.15) is 0 Å². The summed E-state index contributed by atoms with van der Waals surface area (Å²) in [7, 11) is 0. The van der Waals surface area contributed by atoms with E-state index in [0.29, 0.717) is 6.79 Å². The van der Waals surface area contributed by atoms with Crippen LogP contribution in [0.25, 0.3) is 11.4 Å². The summed E-state index contributed by atoms with van der Waals surface area (Å²) in [5.74, 6) is 2.47. The lowest BCUT2D eigenvalue weighted by Crippen LogP contribution is -2.31. The van der Waals surface area contributed by atoms with E-state index in [2.05, 4.69) is 34.1 Å². The van der Waals surface area contributed by atoms with Crippen molar-refractivity contribution >= 4 is 0 Å². The molecule has 2 aliphatic rings. The van der Waals surface area contributed by atoms with E-state index >= 15 is 0 Å². The lowest BCUT2D eigenvalue weighted by molar-refractivity contribution is 0.174. The molecule has 0 unspecified atom stereocenters. The molecule has 5 heteroatoms. The molecule has 130 valence electrons. The van der Waals surface area contributed by atoms with Crippen LogP contribution in [0.1, 0.15) is 16.8 Å². The zero-order valence-electron chi connectivity index (χ0n) is 14.4. The van der Waals surface area contributed by atoms with E-state index in [1.54, 1.807) is 0 Å². The first-order valence-corrected chi connectivity index (χ1v) is 8.86. The fourth-order valence-corrected chi connectivity index (χ4v) is 3.52. The second kappa shape index (κ2) is 6.42. The van der Waals surface area contributed by atoms with Crippen LogP contribution in [0.3, 0.4) is 0 Å². The number of hydrogen-bond donors (Lipinski definition) is 0. The second-order valence-electron chi connectivity index (χ2n) is 6.68. The minimum Gasteiger partial charge on any atom is -0.454 e. The summed E-state index contributed by atoms with van der Waals surface area (Å²) in [6.07, 6.45) is 2.97. The molecule has 0 saturated carbocycles. The van der Waals surface area contributed by atoms with E-state index in [4.69, 9.17) is 14.5 Å². The van der Waals surface area contributed by atoms with Gasteiger partial charge in [-0.05, 0) is 29.7 Å². The standard InChI is InChI=1S/C21H19N3O2/c1-2-4-16(5-3-1)21-22-11-17-8-9-24(13-18(17)23-21)12-15-6-7-19-20(10-15)26-14-25-19/h1-7,10-11H,8-9,12-14H2. The highest BCUT2D eigenvalue weighted by Gasteiger charge is 2.20. The molecule has 0 atom stereocenters. The molecule has 0 fully saturated rings. The second-order valence-corrected chi connectivity index (χ2v) is 6.68. The van der Waals surface area contributed by atoms with Crippen LogP contribution in [0.2, 0.25) is 0 Å². The number of ether oxygens (including phenoxy) is 2. The predicted molar refractivity (Wildman–Crippen MR) is 97.9 cm³/mol. The minimum absolute atomic E-state index is 0.315. The fourth-order valence-electron chi connectivity index (χ4n) is 3.52. The maximum atomic E-state index is 5.49. The SMILES string of the molecule is c1ccc(-c2ncc3c(n2)CN(Cc2ccc4c(c2)OCO4)CC3)cc1. The Kier molecular flexibility index (Phi) is 3.79. The van der Waals surface area contributed by atoms with Crippen LogP contribution in [0.5, 0.6) is 11.5 Å². The van der Waals surface area contributed by atoms with Gasteiger partial charge in [-0.3, -0.25) is 4.90 Å². The zero-order chi connectivity index (χ0) is 17.3. The molecule has 5 rings (SSSR count). The van der Waals surface area contributed by atoms with Crippen molar-refractivity contribution in [1.82, 2.24) is 14.9 Å². The maximum absolute atomic E-state index is 5.49. The van der Waals surface area contributed by atoms with E-state index < -0.39 is 0 Å². The number of nitrogens with zero attached hydrogens (tertiary/aromatic N) is 3. The quantitative estimate of drug-likeness (QED) is 0.728. The third-order valence-electron chi connectivity index (χ3n) is 4.90. The van der Waals surface area contributed by atoms with Crippen LogP contribution in [-0.4, -0.2) is 28.2 Å². The van der Waals surface area contributed by atoms with E-state index in [9.17, 15) is 0 Å². The third kappa shape index (κ3) is 2.91. The van der Waals surface area contributed by atoms with Crippen LogP contribution in [0, 0.1) is 0 Å². The van der Waals surface area contributed by atoms with Crippen LogP contribution in [0.15, 0.2) is 54.7 Å². The molecule has 1 aromatic heterocycles. The van der Waals surface area contributed by atoms with Gasteiger partial charge >= 0.3 is 0 Å². The van der Waals surface area contributed by atoms with Gasteiger partial charge in [0.2, 0.25) is 6.79 Å². The van der Waals surface area contributed by atoms with E-state index in [0.717, 1.165) is 54.6 Å². The highest BCUT2D eigenvalue weighted by atomic mass is 16.7. The molecule has 0 radical (unpaired) electrons.